The van der Waals surface area contributed by atoms with Gasteiger partial charge in [-0.3, -0.25) is 4.79 Å². The van der Waals surface area contributed by atoms with Gasteiger partial charge in [0, 0.05) is 0 Å². The monoisotopic (exact) mass is 284 g/mol. The highest BCUT2D eigenvalue weighted by molar-refractivity contribution is 5.78. The molecule has 0 aromatic rings. The van der Waals surface area contributed by atoms with Crippen molar-refractivity contribution < 1.29 is 9.90 Å². The second kappa shape index (κ2) is 6.90. The number of likely N-dealkylation sites (N-methyl/N-ethyl adjacent to an activating group) is 1. The van der Waals surface area contributed by atoms with Crippen molar-refractivity contribution in [3.05, 3.63) is 0 Å². The van der Waals surface area contributed by atoms with Crippen LogP contribution >= 0.6 is 0 Å². The normalized spacial score (nSPS) is 21.6. The molecule has 2 N–H and O–H groups in total. The van der Waals surface area contributed by atoms with Crippen LogP contribution < -0.4 is 5.32 Å². The number of piperidine rings is 1. The summed E-state index contributed by atoms with van der Waals surface area (Å²) in [4.78, 5) is 13.7. The zero-order valence-electron chi connectivity index (χ0n) is 13.8. The number of likely N-dealkylation sites (tertiary alicyclic amines) is 1. The van der Waals surface area contributed by atoms with Gasteiger partial charge in [0.1, 0.15) is 5.54 Å². The van der Waals surface area contributed by atoms with Crippen molar-refractivity contribution in [1.29, 1.82) is 0 Å². The van der Waals surface area contributed by atoms with E-state index in [1.54, 1.807) is 14.0 Å². The first-order chi connectivity index (χ1) is 9.19. The van der Waals surface area contributed by atoms with Crippen LogP contribution in [-0.2, 0) is 4.79 Å². The van der Waals surface area contributed by atoms with E-state index < -0.39 is 11.5 Å². The topological polar surface area (TPSA) is 52.6 Å². The molecule has 0 aliphatic carbocycles. The summed E-state index contributed by atoms with van der Waals surface area (Å²) in [5.74, 6) is 0.0618. The van der Waals surface area contributed by atoms with E-state index in [0.717, 1.165) is 32.0 Å². The van der Waals surface area contributed by atoms with Gasteiger partial charge in [0.05, 0.1) is 0 Å². The van der Waals surface area contributed by atoms with Crippen LogP contribution in [0.3, 0.4) is 0 Å². The van der Waals surface area contributed by atoms with Crippen molar-refractivity contribution in [3.63, 3.8) is 0 Å². The van der Waals surface area contributed by atoms with Crippen LogP contribution in [0.2, 0.25) is 0 Å². The quantitative estimate of drug-likeness (QED) is 0.787. The minimum Gasteiger partial charge on any atom is -0.480 e. The minimum atomic E-state index is -0.788. The van der Waals surface area contributed by atoms with Crippen LogP contribution in [-0.4, -0.2) is 48.2 Å². The third-order valence-electron chi connectivity index (χ3n) is 4.99. The summed E-state index contributed by atoms with van der Waals surface area (Å²) in [5, 5.41) is 12.1. The van der Waals surface area contributed by atoms with Gasteiger partial charge in [0.25, 0.3) is 0 Å². The fraction of sp³-hybridized carbons (Fsp3) is 0.938. The molecule has 4 heteroatoms. The molecule has 1 fully saturated rings. The molecule has 118 valence electrons. The van der Waals surface area contributed by atoms with Gasteiger partial charge in [0.2, 0.25) is 0 Å². The molecule has 20 heavy (non-hydrogen) atoms. The fourth-order valence-electron chi connectivity index (χ4n) is 3.02. The standard InChI is InChI=1S/C16H32N2O2/c1-15(2,3)13-7-11-18(12-8-13)10-6-9-16(4,17-5)14(19)20/h13,17H,6-12H2,1-5H3,(H,19,20). The van der Waals surface area contributed by atoms with Crippen LogP contribution in [0, 0.1) is 11.3 Å². The Labute approximate surface area is 123 Å². The molecule has 4 nitrogen and oxygen atoms in total. The zero-order valence-corrected chi connectivity index (χ0v) is 13.8. The molecule has 0 spiro atoms. The molecule has 0 radical (unpaired) electrons. The zero-order chi connectivity index (χ0) is 15.4. The highest BCUT2D eigenvalue weighted by Crippen LogP contribution is 2.34. The van der Waals surface area contributed by atoms with Crippen molar-refractivity contribution in [2.75, 3.05) is 26.7 Å². The van der Waals surface area contributed by atoms with Crippen molar-refractivity contribution in [3.8, 4) is 0 Å². The van der Waals surface area contributed by atoms with E-state index in [1.807, 2.05) is 0 Å². The molecule has 1 unspecified atom stereocenters. The van der Waals surface area contributed by atoms with Gasteiger partial charge in [-0.1, -0.05) is 20.8 Å². The van der Waals surface area contributed by atoms with Crippen LogP contribution in [0.1, 0.15) is 53.4 Å². The Morgan fingerprint density at radius 1 is 1.25 bits per heavy atom. The summed E-state index contributed by atoms with van der Waals surface area (Å²) < 4.78 is 0. The number of aliphatic carboxylic acids is 1. The van der Waals surface area contributed by atoms with E-state index in [1.165, 1.54) is 12.8 Å². The van der Waals surface area contributed by atoms with Crippen molar-refractivity contribution in [1.82, 2.24) is 10.2 Å². The van der Waals surface area contributed by atoms with Crippen molar-refractivity contribution in [2.45, 2.75) is 58.9 Å². The molecule has 0 amide bonds. The number of hydrogen-bond donors (Lipinski definition) is 2. The van der Waals surface area contributed by atoms with Crippen LogP contribution in [0.15, 0.2) is 0 Å². The first-order valence-corrected chi connectivity index (χ1v) is 7.84. The number of carboxylic acid groups (broad SMARTS) is 1. The summed E-state index contributed by atoms with van der Waals surface area (Å²) in [5.41, 5.74) is -0.371. The van der Waals surface area contributed by atoms with Gasteiger partial charge in [-0.05, 0) is 70.6 Å². The average molecular weight is 284 g/mol. The first kappa shape index (κ1) is 17.4. The Morgan fingerprint density at radius 3 is 2.20 bits per heavy atom. The largest absolute Gasteiger partial charge is 0.480 e. The van der Waals surface area contributed by atoms with Gasteiger partial charge in [-0.15, -0.1) is 0 Å². The Morgan fingerprint density at radius 2 is 1.80 bits per heavy atom. The van der Waals surface area contributed by atoms with E-state index >= 15 is 0 Å². The van der Waals surface area contributed by atoms with Gasteiger partial charge in [-0.2, -0.15) is 0 Å². The Kier molecular flexibility index (Phi) is 6.02. The molecule has 0 bridgehead atoms. The Hall–Kier alpha value is -0.610. The van der Waals surface area contributed by atoms with Crippen LogP contribution in [0.25, 0.3) is 0 Å². The molecule has 1 saturated heterocycles. The van der Waals surface area contributed by atoms with Crippen LogP contribution in [0.5, 0.6) is 0 Å². The maximum Gasteiger partial charge on any atom is 0.323 e. The lowest BCUT2D eigenvalue weighted by molar-refractivity contribution is -0.144. The first-order valence-electron chi connectivity index (χ1n) is 7.84. The number of nitrogens with one attached hydrogen (secondary N) is 1. The molecule has 1 heterocycles. The van der Waals surface area contributed by atoms with E-state index in [4.69, 9.17) is 0 Å². The third-order valence-corrected chi connectivity index (χ3v) is 4.99. The fourth-order valence-corrected chi connectivity index (χ4v) is 3.02. The lowest BCUT2D eigenvalue weighted by atomic mass is 9.75. The van der Waals surface area contributed by atoms with Crippen LogP contribution in [0.4, 0.5) is 0 Å². The van der Waals surface area contributed by atoms with E-state index in [0.29, 0.717) is 11.8 Å². The highest BCUT2D eigenvalue weighted by atomic mass is 16.4. The second-order valence-electron chi connectivity index (χ2n) is 7.47. The SMILES string of the molecule is CNC(C)(CCCN1CCC(C(C)(C)C)CC1)C(=O)O. The second-order valence-corrected chi connectivity index (χ2v) is 7.47. The van der Waals surface area contributed by atoms with Crippen molar-refractivity contribution in [2.24, 2.45) is 11.3 Å². The molecular formula is C16H32N2O2. The molecule has 1 aliphatic rings. The summed E-state index contributed by atoms with van der Waals surface area (Å²) in [6.07, 6.45) is 4.15. The van der Waals surface area contributed by atoms with Gasteiger partial charge < -0.3 is 15.3 Å². The Balaban J connectivity index is 2.30. The number of carbonyl (C=O) groups is 1. The summed E-state index contributed by atoms with van der Waals surface area (Å²) in [7, 11) is 1.73. The predicted molar refractivity (Wildman–Crippen MR) is 83.0 cm³/mol. The molecule has 1 aliphatic heterocycles. The van der Waals surface area contributed by atoms with Gasteiger partial charge in [0.15, 0.2) is 0 Å². The number of rotatable bonds is 6. The smallest absolute Gasteiger partial charge is 0.323 e. The minimum absolute atomic E-state index is 0.417. The van der Waals surface area contributed by atoms with Crippen molar-refractivity contribution >= 4 is 5.97 Å². The molecular weight excluding hydrogens is 252 g/mol. The Bertz CT molecular complexity index is 317. The molecule has 1 atom stereocenters. The summed E-state index contributed by atoms with van der Waals surface area (Å²) in [6, 6.07) is 0. The summed E-state index contributed by atoms with van der Waals surface area (Å²) in [6.45, 7) is 12.1. The van der Waals surface area contributed by atoms with Gasteiger partial charge >= 0.3 is 5.97 Å². The maximum absolute atomic E-state index is 11.2. The number of hydrogen-bond acceptors (Lipinski definition) is 3. The lowest BCUT2D eigenvalue weighted by Gasteiger charge is -2.39. The molecule has 0 aromatic heterocycles. The van der Waals surface area contributed by atoms with E-state index in [9.17, 15) is 9.90 Å². The number of nitrogens with zero attached hydrogens (tertiary/aromatic N) is 1. The third kappa shape index (κ3) is 4.74. The lowest BCUT2D eigenvalue weighted by Crippen LogP contribution is -2.48. The average Bonchev–Trinajstić information content (AvgIpc) is 2.37. The number of carboxylic acids is 1. The van der Waals surface area contributed by atoms with E-state index in [2.05, 4.69) is 31.0 Å². The highest BCUT2D eigenvalue weighted by Gasteiger charge is 2.31. The molecule has 0 saturated carbocycles. The molecule has 0 aromatic carbocycles. The summed E-state index contributed by atoms with van der Waals surface area (Å²) >= 11 is 0. The predicted octanol–water partition coefficient (Wildman–Crippen LogP) is 2.59. The maximum atomic E-state index is 11.2. The molecule has 1 rings (SSSR count). The van der Waals surface area contributed by atoms with E-state index in [-0.39, 0.29) is 0 Å². The van der Waals surface area contributed by atoms with Gasteiger partial charge in [-0.25, -0.2) is 0 Å².